The second kappa shape index (κ2) is 6.67. The number of thiazole rings is 1. The van der Waals surface area contributed by atoms with E-state index in [2.05, 4.69) is 31.1 Å². The molecule has 18 heavy (non-hydrogen) atoms. The van der Waals surface area contributed by atoms with Gasteiger partial charge in [0.25, 0.3) is 0 Å². The van der Waals surface area contributed by atoms with E-state index in [4.69, 9.17) is 0 Å². The monoisotopic (exact) mass is 266 g/mol. The summed E-state index contributed by atoms with van der Waals surface area (Å²) in [5.74, 6) is 1.75. The van der Waals surface area contributed by atoms with Gasteiger partial charge in [-0.1, -0.05) is 33.6 Å². The number of rotatable bonds is 5. The Morgan fingerprint density at radius 2 is 2.28 bits per heavy atom. The molecule has 0 aromatic carbocycles. The molecule has 1 aromatic rings. The minimum atomic E-state index is 0.708. The number of hydrogen-bond acceptors (Lipinski definition) is 3. The largest absolute Gasteiger partial charge is 0.308 e. The summed E-state index contributed by atoms with van der Waals surface area (Å²) in [6.07, 6.45) is 8.64. The summed E-state index contributed by atoms with van der Waals surface area (Å²) in [5, 5.41) is 4.96. The van der Waals surface area contributed by atoms with Gasteiger partial charge in [-0.05, 0) is 31.1 Å². The molecule has 3 heteroatoms. The molecule has 1 aromatic heterocycles. The molecule has 0 aliphatic heterocycles. The fourth-order valence-corrected chi connectivity index (χ4v) is 3.66. The molecule has 2 atom stereocenters. The molecule has 0 amide bonds. The van der Waals surface area contributed by atoms with Crippen molar-refractivity contribution in [1.82, 2.24) is 10.3 Å². The molecule has 1 aliphatic rings. The predicted molar refractivity (Wildman–Crippen MR) is 78.9 cm³/mol. The zero-order valence-electron chi connectivity index (χ0n) is 11.9. The maximum atomic E-state index is 4.48. The first-order valence-corrected chi connectivity index (χ1v) is 8.17. The van der Waals surface area contributed by atoms with Crippen LogP contribution < -0.4 is 5.32 Å². The first-order valence-electron chi connectivity index (χ1n) is 7.36. The molecule has 2 nitrogen and oxygen atoms in total. The molecule has 1 heterocycles. The minimum Gasteiger partial charge on any atom is -0.308 e. The van der Waals surface area contributed by atoms with Crippen molar-refractivity contribution in [2.24, 2.45) is 11.8 Å². The highest BCUT2D eigenvalue weighted by atomic mass is 32.1. The molecule has 0 saturated heterocycles. The Morgan fingerprint density at radius 1 is 1.44 bits per heavy atom. The lowest BCUT2D eigenvalue weighted by molar-refractivity contribution is 0.231. The zero-order chi connectivity index (χ0) is 13.0. The molecule has 0 bridgehead atoms. The summed E-state index contributed by atoms with van der Waals surface area (Å²) in [6.45, 7) is 7.88. The molecule has 1 fully saturated rings. The van der Waals surface area contributed by atoms with Crippen molar-refractivity contribution in [3.8, 4) is 0 Å². The van der Waals surface area contributed by atoms with Crippen LogP contribution in [0.15, 0.2) is 6.20 Å². The van der Waals surface area contributed by atoms with Crippen LogP contribution in [-0.4, -0.2) is 11.0 Å². The van der Waals surface area contributed by atoms with Crippen molar-refractivity contribution < 1.29 is 0 Å². The van der Waals surface area contributed by atoms with E-state index >= 15 is 0 Å². The third kappa shape index (κ3) is 3.79. The van der Waals surface area contributed by atoms with Crippen LogP contribution in [0.2, 0.25) is 0 Å². The number of aryl methyl sites for hydroxylation is 1. The van der Waals surface area contributed by atoms with Gasteiger partial charge in [-0.25, -0.2) is 4.98 Å². The zero-order valence-corrected chi connectivity index (χ0v) is 12.7. The van der Waals surface area contributed by atoms with E-state index < -0.39 is 0 Å². The van der Waals surface area contributed by atoms with Crippen LogP contribution in [0, 0.1) is 11.8 Å². The van der Waals surface area contributed by atoms with Gasteiger partial charge in [0.05, 0.1) is 0 Å². The Labute approximate surface area is 115 Å². The van der Waals surface area contributed by atoms with Crippen molar-refractivity contribution in [3.63, 3.8) is 0 Å². The van der Waals surface area contributed by atoms with Crippen LogP contribution in [0.3, 0.4) is 0 Å². The lowest BCUT2D eigenvalue weighted by Gasteiger charge is -2.32. The van der Waals surface area contributed by atoms with Crippen LogP contribution in [0.4, 0.5) is 0 Å². The van der Waals surface area contributed by atoms with E-state index in [0.29, 0.717) is 6.04 Å². The van der Waals surface area contributed by atoms with Crippen LogP contribution >= 0.6 is 11.3 Å². The highest BCUT2D eigenvalue weighted by Gasteiger charge is 2.23. The molecule has 2 unspecified atom stereocenters. The van der Waals surface area contributed by atoms with Crippen LogP contribution in [0.25, 0.3) is 0 Å². The van der Waals surface area contributed by atoms with Gasteiger partial charge >= 0.3 is 0 Å². The third-order valence-electron chi connectivity index (χ3n) is 4.15. The smallest absolute Gasteiger partial charge is 0.107 e. The lowest BCUT2D eigenvalue weighted by Crippen LogP contribution is -2.35. The van der Waals surface area contributed by atoms with E-state index in [9.17, 15) is 0 Å². The molecule has 102 valence electrons. The standard InChI is InChI=1S/C15H26N2S/c1-4-14-9-17-15(18-14)10-16-13-7-5-6-12(8-13)11(2)3/h9,11-13,16H,4-8,10H2,1-3H3. The Hall–Kier alpha value is -0.410. The number of nitrogens with zero attached hydrogens (tertiary/aromatic N) is 1. The highest BCUT2D eigenvalue weighted by Crippen LogP contribution is 2.30. The van der Waals surface area contributed by atoms with Crippen molar-refractivity contribution in [1.29, 1.82) is 0 Å². The first-order chi connectivity index (χ1) is 8.69. The Morgan fingerprint density at radius 3 is 2.94 bits per heavy atom. The number of nitrogens with one attached hydrogen (secondary N) is 1. The number of aromatic nitrogens is 1. The van der Waals surface area contributed by atoms with Crippen molar-refractivity contribution >= 4 is 11.3 Å². The van der Waals surface area contributed by atoms with E-state index in [1.54, 1.807) is 0 Å². The van der Waals surface area contributed by atoms with Crippen molar-refractivity contribution in [2.45, 2.75) is 65.5 Å². The average molecular weight is 266 g/mol. The van der Waals surface area contributed by atoms with Gasteiger partial charge in [-0.2, -0.15) is 0 Å². The fourth-order valence-electron chi connectivity index (χ4n) is 2.84. The normalized spacial score (nSPS) is 24.7. The maximum absolute atomic E-state index is 4.48. The van der Waals surface area contributed by atoms with Gasteiger partial charge in [-0.3, -0.25) is 0 Å². The summed E-state index contributed by atoms with van der Waals surface area (Å²) < 4.78 is 0. The maximum Gasteiger partial charge on any atom is 0.107 e. The Bertz CT molecular complexity index is 359. The summed E-state index contributed by atoms with van der Waals surface area (Å²) in [5.41, 5.74) is 0. The molecule has 0 radical (unpaired) electrons. The topological polar surface area (TPSA) is 24.9 Å². The second-order valence-electron chi connectivity index (χ2n) is 5.82. The molecule has 2 rings (SSSR count). The van der Waals surface area contributed by atoms with E-state index in [1.165, 1.54) is 35.6 Å². The van der Waals surface area contributed by atoms with Crippen LogP contribution in [-0.2, 0) is 13.0 Å². The van der Waals surface area contributed by atoms with E-state index in [0.717, 1.165) is 24.8 Å². The van der Waals surface area contributed by atoms with Crippen LogP contribution in [0.5, 0.6) is 0 Å². The first kappa shape index (κ1) is 14.0. The van der Waals surface area contributed by atoms with Crippen molar-refractivity contribution in [3.05, 3.63) is 16.1 Å². The second-order valence-corrected chi connectivity index (χ2v) is 7.02. The summed E-state index contributed by atoms with van der Waals surface area (Å²) >= 11 is 1.85. The van der Waals surface area contributed by atoms with Gasteiger partial charge < -0.3 is 5.32 Å². The summed E-state index contributed by atoms with van der Waals surface area (Å²) in [7, 11) is 0. The SMILES string of the molecule is CCc1cnc(CNC2CCCC(C(C)C)C2)s1. The minimum absolute atomic E-state index is 0.708. The summed E-state index contributed by atoms with van der Waals surface area (Å²) in [4.78, 5) is 5.88. The molecule has 1 N–H and O–H groups in total. The molecular formula is C15H26N2S. The van der Waals surface area contributed by atoms with Crippen molar-refractivity contribution in [2.75, 3.05) is 0 Å². The lowest BCUT2D eigenvalue weighted by atomic mass is 9.79. The van der Waals surface area contributed by atoms with E-state index in [-0.39, 0.29) is 0 Å². The van der Waals surface area contributed by atoms with Gasteiger partial charge in [-0.15, -0.1) is 11.3 Å². The Kier molecular flexibility index (Phi) is 5.19. The predicted octanol–water partition coefficient (Wildman–Crippen LogP) is 4.01. The van der Waals surface area contributed by atoms with Crippen LogP contribution in [0.1, 0.15) is 56.3 Å². The fraction of sp³-hybridized carbons (Fsp3) is 0.800. The van der Waals surface area contributed by atoms with Gasteiger partial charge in [0.15, 0.2) is 0 Å². The highest BCUT2D eigenvalue weighted by molar-refractivity contribution is 7.11. The third-order valence-corrected chi connectivity index (χ3v) is 5.29. The Balaban J connectivity index is 1.79. The van der Waals surface area contributed by atoms with Gasteiger partial charge in [0.1, 0.15) is 5.01 Å². The van der Waals surface area contributed by atoms with Gasteiger partial charge in [0, 0.05) is 23.7 Å². The molecule has 0 spiro atoms. The quantitative estimate of drug-likeness (QED) is 0.871. The molecular weight excluding hydrogens is 240 g/mol. The molecule has 1 aliphatic carbocycles. The van der Waals surface area contributed by atoms with Gasteiger partial charge in [0.2, 0.25) is 0 Å². The average Bonchev–Trinajstić information content (AvgIpc) is 2.84. The number of hydrogen-bond donors (Lipinski definition) is 1. The van der Waals surface area contributed by atoms with E-state index in [1.807, 2.05) is 17.5 Å². The molecule has 1 saturated carbocycles. The summed E-state index contributed by atoms with van der Waals surface area (Å²) in [6, 6.07) is 0.708.